The second-order valence-electron chi connectivity index (χ2n) is 17.0. The van der Waals surface area contributed by atoms with Crippen molar-refractivity contribution in [2.24, 2.45) is 5.92 Å². The maximum Gasteiger partial charge on any atom is 0.306 e. The molecule has 2 aliphatic rings. The van der Waals surface area contributed by atoms with Gasteiger partial charge < -0.3 is 37.7 Å². The molecule has 1 aliphatic heterocycles. The number of unbranched alkanes of at least 4 members (excludes halogenated alkanes) is 15. The van der Waals surface area contributed by atoms with Crippen LogP contribution >= 0.6 is 7.82 Å². The van der Waals surface area contributed by atoms with Crippen LogP contribution in [0.2, 0.25) is 0 Å². The zero-order chi connectivity index (χ0) is 41.9. The third-order valence-corrected chi connectivity index (χ3v) is 11.6. The van der Waals surface area contributed by atoms with Crippen molar-refractivity contribution in [1.82, 2.24) is 0 Å². The number of ether oxygens (including phenoxy) is 3. The summed E-state index contributed by atoms with van der Waals surface area (Å²) in [4.78, 5) is 50.5. The number of nitrogens with zero attached hydrogens (tertiary/aromatic N) is 1. The van der Waals surface area contributed by atoms with E-state index in [9.17, 15) is 28.9 Å². The standard InChI is InChI=1S/C44H78NO11P/c1-6-8-10-12-14-15-16-17-18-19-20-22-24-28-43(48)52-34-36(35-54-57(50,51)53-31-30-45(3,4)5)55-44(49)29-25-27-41-42(56-41)32-38-37(39(46)33-40(38)47)26-23-21-13-11-9-7-2/h21,23,32,36-37,39,41-42,46H,6-20,22,24-31,33-35H2,1-5H3/b23-21-,38-32+. The number of Topliss-reactive ketones (excluding diaryl/α,β-unsaturated/α-hetero) is 1. The van der Waals surface area contributed by atoms with Gasteiger partial charge in [0.15, 0.2) is 11.9 Å². The SMILES string of the molecule is CCCCC/C=C\CC1/C(=C\C2OC2CCCC(=O)OC(COC(=O)CCCCCCCCCCCCCCC)COP(=O)([O-])OCC[N+](C)(C)C)C(=O)CC1O. The van der Waals surface area contributed by atoms with Crippen molar-refractivity contribution in [1.29, 1.82) is 0 Å². The maximum atomic E-state index is 12.9. The Balaban J connectivity index is 1.76. The molecule has 330 valence electrons. The molecule has 6 atom stereocenters. The van der Waals surface area contributed by atoms with Gasteiger partial charge in [-0.15, -0.1) is 0 Å². The normalized spacial score (nSPS) is 21.9. The third kappa shape index (κ3) is 25.3. The quantitative estimate of drug-likeness (QED) is 0.0124. The molecule has 1 N–H and O–H groups in total. The molecule has 0 aromatic heterocycles. The minimum Gasteiger partial charge on any atom is -0.756 e. The summed E-state index contributed by atoms with van der Waals surface area (Å²) in [5.74, 6) is -1.31. The van der Waals surface area contributed by atoms with Crippen LogP contribution in [0.3, 0.4) is 0 Å². The first-order valence-electron chi connectivity index (χ1n) is 22.2. The molecule has 2 fully saturated rings. The van der Waals surface area contributed by atoms with Crippen LogP contribution in [0.1, 0.15) is 162 Å². The molecule has 0 aromatic rings. The zero-order valence-corrected chi connectivity index (χ0v) is 37.0. The first-order chi connectivity index (χ1) is 27.2. The van der Waals surface area contributed by atoms with Crippen molar-refractivity contribution in [3.05, 3.63) is 23.8 Å². The topological polar surface area (TPSA) is 161 Å². The summed E-state index contributed by atoms with van der Waals surface area (Å²) in [6.45, 7) is 3.88. The molecular formula is C44H78NO11P. The molecule has 6 unspecified atom stereocenters. The lowest BCUT2D eigenvalue weighted by atomic mass is 9.95. The van der Waals surface area contributed by atoms with Gasteiger partial charge in [-0.2, -0.15) is 0 Å². The van der Waals surface area contributed by atoms with Gasteiger partial charge in [-0.1, -0.05) is 116 Å². The van der Waals surface area contributed by atoms with Crippen molar-refractivity contribution in [2.75, 3.05) is 47.5 Å². The van der Waals surface area contributed by atoms with Crippen LogP contribution in [0, 0.1) is 5.92 Å². The molecule has 0 amide bonds. The first kappa shape index (κ1) is 51.2. The number of quaternary nitrogens is 1. The van der Waals surface area contributed by atoms with Gasteiger partial charge in [-0.25, -0.2) is 0 Å². The number of aliphatic hydroxyl groups excluding tert-OH is 1. The van der Waals surface area contributed by atoms with Crippen molar-refractivity contribution in [3.8, 4) is 0 Å². The number of phosphoric acid groups is 1. The highest BCUT2D eigenvalue weighted by Gasteiger charge is 2.42. The Labute approximate surface area is 344 Å². The van der Waals surface area contributed by atoms with E-state index in [1.54, 1.807) is 0 Å². The van der Waals surface area contributed by atoms with E-state index < -0.39 is 38.6 Å². The monoisotopic (exact) mass is 828 g/mol. The Morgan fingerprint density at radius 3 is 2.07 bits per heavy atom. The Hall–Kier alpha value is -1.92. The number of hydrogen-bond acceptors (Lipinski definition) is 11. The van der Waals surface area contributed by atoms with E-state index in [1.807, 2.05) is 27.2 Å². The predicted octanol–water partition coefficient (Wildman–Crippen LogP) is 8.47. The van der Waals surface area contributed by atoms with Crippen molar-refractivity contribution in [2.45, 2.75) is 186 Å². The smallest absolute Gasteiger partial charge is 0.306 e. The predicted molar refractivity (Wildman–Crippen MR) is 221 cm³/mol. The maximum absolute atomic E-state index is 12.9. The first-order valence-corrected chi connectivity index (χ1v) is 23.7. The molecule has 0 aromatic carbocycles. The number of esters is 2. The van der Waals surface area contributed by atoms with Crippen LogP contribution in [-0.2, 0) is 42.2 Å². The number of rotatable bonds is 35. The number of ketones is 1. The summed E-state index contributed by atoms with van der Waals surface area (Å²) in [7, 11) is 1.02. The molecule has 12 nitrogen and oxygen atoms in total. The van der Waals surface area contributed by atoms with Crippen LogP contribution < -0.4 is 4.89 Å². The van der Waals surface area contributed by atoms with Crippen LogP contribution in [-0.4, -0.2) is 99.2 Å². The van der Waals surface area contributed by atoms with Crippen molar-refractivity contribution < 1.29 is 56.7 Å². The summed E-state index contributed by atoms with van der Waals surface area (Å²) in [5.41, 5.74) is 0.621. The fourth-order valence-corrected chi connectivity index (χ4v) is 7.67. The van der Waals surface area contributed by atoms with Gasteiger partial charge in [0.25, 0.3) is 7.82 Å². The average molecular weight is 828 g/mol. The second kappa shape index (κ2) is 29.3. The van der Waals surface area contributed by atoms with Gasteiger partial charge in [0.2, 0.25) is 0 Å². The minimum absolute atomic E-state index is 0.0324. The summed E-state index contributed by atoms with van der Waals surface area (Å²) in [6, 6.07) is 0. The van der Waals surface area contributed by atoms with Gasteiger partial charge in [-0.3, -0.25) is 18.9 Å². The number of aliphatic hydroxyl groups is 1. The largest absolute Gasteiger partial charge is 0.756 e. The Morgan fingerprint density at radius 2 is 1.44 bits per heavy atom. The number of likely N-dealkylation sites (N-methyl/N-ethyl adjacent to an activating group) is 1. The van der Waals surface area contributed by atoms with Crippen LogP contribution in [0.15, 0.2) is 23.8 Å². The molecule has 13 heteroatoms. The number of allylic oxidation sites excluding steroid dienone is 2. The van der Waals surface area contributed by atoms with E-state index >= 15 is 0 Å². The number of phosphoric ester groups is 1. The minimum atomic E-state index is -4.70. The van der Waals surface area contributed by atoms with Gasteiger partial charge in [0.05, 0.1) is 40.0 Å². The molecule has 0 radical (unpaired) electrons. The van der Waals surface area contributed by atoms with E-state index in [1.165, 1.54) is 64.2 Å². The molecule has 0 bridgehead atoms. The molecule has 0 spiro atoms. The third-order valence-electron chi connectivity index (χ3n) is 10.6. The van der Waals surface area contributed by atoms with E-state index in [0.29, 0.717) is 42.3 Å². The molecular weight excluding hydrogens is 749 g/mol. The van der Waals surface area contributed by atoms with Crippen LogP contribution in [0.25, 0.3) is 0 Å². The summed E-state index contributed by atoms with van der Waals surface area (Å²) >= 11 is 0. The Morgan fingerprint density at radius 1 is 0.842 bits per heavy atom. The highest BCUT2D eigenvalue weighted by molar-refractivity contribution is 7.45. The van der Waals surface area contributed by atoms with E-state index in [2.05, 4.69) is 26.0 Å². The lowest BCUT2D eigenvalue weighted by molar-refractivity contribution is -0.870. The number of carbonyl (C=O) groups excluding carboxylic acids is 3. The summed E-state index contributed by atoms with van der Waals surface area (Å²) < 4.78 is 39.7. The zero-order valence-electron chi connectivity index (χ0n) is 36.1. The van der Waals surface area contributed by atoms with Gasteiger partial charge in [0.1, 0.15) is 25.9 Å². The molecule has 1 saturated heterocycles. The van der Waals surface area contributed by atoms with Gasteiger partial charge >= 0.3 is 11.9 Å². The van der Waals surface area contributed by atoms with Crippen molar-refractivity contribution >= 4 is 25.5 Å². The molecule has 1 heterocycles. The van der Waals surface area contributed by atoms with Crippen LogP contribution in [0.5, 0.6) is 0 Å². The highest BCUT2D eigenvalue weighted by Crippen LogP contribution is 2.39. The number of carbonyl (C=O) groups is 3. The molecule has 1 saturated carbocycles. The molecule has 57 heavy (non-hydrogen) atoms. The van der Waals surface area contributed by atoms with E-state index in [-0.39, 0.29) is 56.4 Å². The number of hydrogen-bond donors (Lipinski definition) is 1. The molecule has 1 aliphatic carbocycles. The number of epoxide rings is 1. The van der Waals surface area contributed by atoms with Crippen LogP contribution in [0.4, 0.5) is 0 Å². The second-order valence-corrected chi connectivity index (χ2v) is 18.4. The average Bonchev–Trinajstić information content (AvgIpc) is 3.83. The van der Waals surface area contributed by atoms with Gasteiger partial charge in [-0.05, 0) is 50.2 Å². The fraction of sp³-hybridized carbons (Fsp3) is 0.841. The summed E-state index contributed by atoms with van der Waals surface area (Å²) in [6.07, 6.45) is 25.8. The lowest BCUT2D eigenvalue weighted by Gasteiger charge is -2.28. The van der Waals surface area contributed by atoms with Gasteiger partial charge in [0, 0.05) is 25.2 Å². The van der Waals surface area contributed by atoms with E-state index in [4.69, 9.17) is 23.3 Å². The Bertz CT molecular complexity index is 1250. The lowest BCUT2D eigenvalue weighted by Crippen LogP contribution is -2.37. The molecule has 2 rings (SSSR count). The van der Waals surface area contributed by atoms with Crippen molar-refractivity contribution in [3.63, 3.8) is 0 Å². The Kier molecular flexibility index (Phi) is 26.4. The highest BCUT2D eigenvalue weighted by atomic mass is 31.2. The summed E-state index contributed by atoms with van der Waals surface area (Å²) in [5, 5.41) is 10.5. The van der Waals surface area contributed by atoms with E-state index in [0.717, 1.165) is 38.5 Å². The fourth-order valence-electron chi connectivity index (χ4n) is 6.94.